The van der Waals surface area contributed by atoms with E-state index in [2.05, 4.69) is 0 Å². The minimum atomic E-state index is 0. The predicted octanol–water partition coefficient (Wildman–Crippen LogP) is 2.07. The molecule has 5 heteroatoms. The SMILES string of the molecule is CN(CCOc1ccccc1)C(=O)C1CCC(N)C1.Cl. The number of benzene rings is 1. The number of halogens is 1. The Hall–Kier alpha value is -1.26. The molecule has 1 aliphatic rings. The normalized spacial score (nSPS) is 21.1. The maximum absolute atomic E-state index is 12.1. The minimum absolute atomic E-state index is 0. The smallest absolute Gasteiger partial charge is 0.225 e. The first-order valence-corrected chi connectivity index (χ1v) is 6.85. The summed E-state index contributed by atoms with van der Waals surface area (Å²) >= 11 is 0. The lowest BCUT2D eigenvalue weighted by Gasteiger charge is -2.21. The molecule has 2 rings (SSSR count). The molecule has 2 atom stereocenters. The van der Waals surface area contributed by atoms with Crippen molar-refractivity contribution in [3.63, 3.8) is 0 Å². The number of carbonyl (C=O) groups is 1. The van der Waals surface area contributed by atoms with Crippen LogP contribution >= 0.6 is 12.4 Å². The summed E-state index contributed by atoms with van der Waals surface area (Å²) in [6.07, 6.45) is 2.71. The van der Waals surface area contributed by atoms with Crippen LogP contribution in [0.5, 0.6) is 5.75 Å². The zero-order valence-corrected chi connectivity index (χ0v) is 12.6. The molecule has 0 radical (unpaired) electrons. The summed E-state index contributed by atoms with van der Waals surface area (Å²) in [4.78, 5) is 13.9. The van der Waals surface area contributed by atoms with E-state index in [-0.39, 0.29) is 30.3 Å². The first kappa shape index (κ1) is 16.8. The Morgan fingerprint density at radius 2 is 2.05 bits per heavy atom. The lowest BCUT2D eigenvalue weighted by atomic mass is 10.1. The van der Waals surface area contributed by atoms with E-state index in [1.807, 2.05) is 37.4 Å². The minimum Gasteiger partial charge on any atom is -0.492 e. The number of para-hydroxylation sites is 1. The molecule has 2 N–H and O–H groups in total. The molecule has 1 saturated carbocycles. The highest BCUT2D eigenvalue weighted by Gasteiger charge is 2.29. The van der Waals surface area contributed by atoms with Gasteiger partial charge in [-0.3, -0.25) is 4.79 Å². The van der Waals surface area contributed by atoms with Crippen molar-refractivity contribution in [2.75, 3.05) is 20.2 Å². The van der Waals surface area contributed by atoms with E-state index in [0.717, 1.165) is 25.0 Å². The fourth-order valence-electron chi connectivity index (χ4n) is 2.48. The van der Waals surface area contributed by atoms with Crippen LogP contribution in [0.15, 0.2) is 30.3 Å². The van der Waals surface area contributed by atoms with Crippen LogP contribution in [-0.4, -0.2) is 37.0 Å². The number of hydrogen-bond donors (Lipinski definition) is 1. The van der Waals surface area contributed by atoms with Crippen LogP contribution in [0.25, 0.3) is 0 Å². The summed E-state index contributed by atoms with van der Waals surface area (Å²) in [6, 6.07) is 9.85. The van der Waals surface area contributed by atoms with Gasteiger partial charge in [0.25, 0.3) is 0 Å². The third-order valence-corrected chi connectivity index (χ3v) is 3.64. The van der Waals surface area contributed by atoms with Crippen molar-refractivity contribution in [3.05, 3.63) is 30.3 Å². The quantitative estimate of drug-likeness (QED) is 0.905. The second kappa shape index (κ2) is 8.12. The van der Waals surface area contributed by atoms with Crippen molar-refractivity contribution in [3.8, 4) is 5.75 Å². The number of nitrogens with two attached hydrogens (primary N) is 1. The molecule has 1 aromatic rings. The van der Waals surface area contributed by atoms with Crippen molar-refractivity contribution < 1.29 is 9.53 Å². The number of ether oxygens (including phenoxy) is 1. The standard InChI is InChI=1S/C15H22N2O2.ClH/c1-17(15(18)12-7-8-13(16)11-12)9-10-19-14-5-3-2-4-6-14;/h2-6,12-13H,7-11,16H2,1H3;1H. The van der Waals surface area contributed by atoms with Gasteiger partial charge in [0.2, 0.25) is 5.91 Å². The molecule has 0 heterocycles. The van der Waals surface area contributed by atoms with E-state index in [1.54, 1.807) is 4.90 Å². The molecular formula is C15H23ClN2O2. The van der Waals surface area contributed by atoms with Gasteiger partial charge >= 0.3 is 0 Å². The molecule has 0 bridgehead atoms. The Kier molecular flexibility index (Phi) is 6.82. The van der Waals surface area contributed by atoms with Crippen LogP contribution in [0.1, 0.15) is 19.3 Å². The van der Waals surface area contributed by atoms with Crippen molar-refractivity contribution in [1.29, 1.82) is 0 Å². The van der Waals surface area contributed by atoms with Gasteiger partial charge in [0, 0.05) is 19.0 Å². The summed E-state index contributed by atoms with van der Waals surface area (Å²) < 4.78 is 5.59. The van der Waals surface area contributed by atoms with E-state index in [9.17, 15) is 4.79 Å². The fraction of sp³-hybridized carbons (Fsp3) is 0.533. The lowest BCUT2D eigenvalue weighted by Crippen LogP contribution is -2.35. The predicted molar refractivity (Wildman–Crippen MR) is 82.1 cm³/mol. The number of amides is 1. The van der Waals surface area contributed by atoms with Crippen molar-refractivity contribution in [2.45, 2.75) is 25.3 Å². The second-order valence-corrected chi connectivity index (χ2v) is 5.19. The van der Waals surface area contributed by atoms with Gasteiger partial charge in [0.1, 0.15) is 12.4 Å². The molecule has 1 fully saturated rings. The summed E-state index contributed by atoms with van der Waals surface area (Å²) in [5, 5.41) is 0. The number of hydrogen-bond acceptors (Lipinski definition) is 3. The molecule has 20 heavy (non-hydrogen) atoms. The monoisotopic (exact) mass is 298 g/mol. The molecule has 0 aliphatic heterocycles. The molecule has 1 aromatic carbocycles. The van der Waals surface area contributed by atoms with Gasteiger partial charge in [0.15, 0.2) is 0 Å². The first-order chi connectivity index (χ1) is 9.16. The molecule has 0 aromatic heterocycles. The summed E-state index contributed by atoms with van der Waals surface area (Å²) in [7, 11) is 1.83. The Morgan fingerprint density at radius 1 is 1.35 bits per heavy atom. The van der Waals surface area contributed by atoms with Gasteiger partial charge in [0.05, 0.1) is 6.54 Å². The van der Waals surface area contributed by atoms with Crippen molar-refractivity contribution in [1.82, 2.24) is 4.90 Å². The van der Waals surface area contributed by atoms with Gasteiger partial charge in [-0.1, -0.05) is 18.2 Å². The van der Waals surface area contributed by atoms with Gasteiger partial charge in [-0.25, -0.2) is 0 Å². The molecule has 0 spiro atoms. The fourth-order valence-corrected chi connectivity index (χ4v) is 2.48. The first-order valence-electron chi connectivity index (χ1n) is 6.85. The average Bonchev–Trinajstić information content (AvgIpc) is 2.85. The van der Waals surface area contributed by atoms with E-state index < -0.39 is 0 Å². The van der Waals surface area contributed by atoms with Gasteiger partial charge in [-0.2, -0.15) is 0 Å². The van der Waals surface area contributed by atoms with E-state index in [4.69, 9.17) is 10.5 Å². The largest absolute Gasteiger partial charge is 0.492 e. The maximum Gasteiger partial charge on any atom is 0.225 e. The Labute approximate surface area is 126 Å². The molecule has 0 saturated heterocycles. The zero-order valence-electron chi connectivity index (χ0n) is 11.8. The van der Waals surface area contributed by atoms with Crippen molar-refractivity contribution >= 4 is 18.3 Å². The topological polar surface area (TPSA) is 55.6 Å². The third-order valence-electron chi connectivity index (χ3n) is 3.64. The van der Waals surface area contributed by atoms with Crippen LogP contribution in [0.4, 0.5) is 0 Å². The summed E-state index contributed by atoms with van der Waals surface area (Å²) in [5.41, 5.74) is 5.84. The van der Waals surface area contributed by atoms with E-state index in [0.29, 0.717) is 13.2 Å². The molecule has 1 aliphatic carbocycles. The Balaban J connectivity index is 0.00000200. The van der Waals surface area contributed by atoms with Crippen molar-refractivity contribution in [2.24, 2.45) is 11.7 Å². The number of nitrogens with zero attached hydrogens (tertiary/aromatic N) is 1. The van der Waals surface area contributed by atoms with Gasteiger partial charge in [-0.15, -0.1) is 12.4 Å². The van der Waals surface area contributed by atoms with Crippen LogP contribution in [0.3, 0.4) is 0 Å². The summed E-state index contributed by atoms with van der Waals surface area (Å²) in [5.74, 6) is 1.15. The van der Waals surface area contributed by atoms with E-state index >= 15 is 0 Å². The highest BCUT2D eigenvalue weighted by molar-refractivity contribution is 5.85. The van der Waals surface area contributed by atoms with Crippen LogP contribution in [0, 0.1) is 5.92 Å². The number of likely N-dealkylation sites (N-methyl/N-ethyl adjacent to an activating group) is 1. The van der Waals surface area contributed by atoms with Crippen LogP contribution in [0.2, 0.25) is 0 Å². The Morgan fingerprint density at radius 3 is 2.65 bits per heavy atom. The average molecular weight is 299 g/mol. The molecular weight excluding hydrogens is 276 g/mol. The zero-order chi connectivity index (χ0) is 13.7. The molecule has 1 amide bonds. The Bertz CT molecular complexity index is 414. The van der Waals surface area contributed by atoms with Crippen LogP contribution < -0.4 is 10.5 Å². The van der Waals surface area contributed by atoms with Crippen LogP contribution in [-0.2, 0) is 4.79 Å². The highest BCUT2D eigenvalue weighted by Crippen LogP contribution is 2.25. The lowest BCUT2D eigenvalue weighted by molar-refractivity contribution is -0.134. The van der Waals surface area contributed by atoms with Gasteiger partial charge < -0.3 is 15.4 Å². The molecule has 112 valence electrons. The number of carbonyl (C=O) groups excluding carboxylic acids is 1. The molecule has 2 unspecified atom stereocenters. The molecule has 4 nitrogen and oxygen atoms in total. The highest BCUT2D eigenvalue weighted by atomic mass is 35.5. The van der Waals surface area contributed by atoms with E-state index in [1.165, 1.54) is 0 Å². The van der Waals surface area contributed by atoms with Gasteiger partial charge in [-0.05, 0) is 31.4 Å². The second-order valence-electron chi connectivity index (χ2n) is 5.19. The number of rotatable bonds is 5. The summed E-state index contributed by atoms with van der Waals surface area (Å²) in [6.45, 7) is 1.13. The third kappa shape index (κ3) is 4.69. The maximum atomic E-state index is 12.1.